The van der Waals surface area contributed by atoms with Crippen molar-refractivity contribution in [3.63, 3.8) is 0 Å². The van der Waals surface area contributed by atoms with Crippen LogP contribution in [0.25, 0.3) is 22.3 Å². The molecule has 3 atom stereocenters. The normalized spacial score (nSPS) is 23.8. The van der Waals surface area contributed by atoms with Crippen LogP contribution in [0.5, 0.6) is 0 Å². The van der Waals surface area contributed by atoms with E-state index in [1.807, 2.05) is 24.4 Å². The summed E-state index contributed by atoms with van der Waals surface area (Å²) in [5, 5.41) is 20.3. The molecule has 0 aromatic carbocycles. The summed E-state index contributed by atoms with van der Waals surface area (Å²) in [5.41, 5.74) is 8.12. The Hall–Kier alpha value is -2.55. The van der Waals surface area contributed by atoms with Gasteiger partial charge in [0.2, 0.25) is 0 Å². The lowest BCUT2D eigenvalue weighted by Gasteiger charge is -2.17. The molecule has 0 saturated carbocycles. The number of aliphatic hydroxyl groups excluding tert-OH is 2. The predicted octanol–water partition coefficient (Wildman–Crippen LogP) is 0.716. The molecular formula is C16H17N5O3. The van der Waals surface area contributed by atoms with Crippen LogP contribution in [0.3, 0.4) is 0 Å². The second-order valence-corrected chi connectivity index (χ2v) is 5.76. The van der Waals surface area contributed by atoms with Gasteiger partial charge < -0.3 is 25.3 Å². The van der Waals surface area contributed by atoms with E-state index >= 15 is 0 Å². The Morgan fingerprint density at radius 2 is 2.17 bits per heavy atom. The third-order valence-electron chi connectivity index (χ3n) is 4.22. The number of fused-ring (bicyclic) bond motifs is 1. The van der Waals surface area contributed by atoms with Crippen molar-refractivity contribution in [2.24, 2.45) is 0 Å². The van der Waals surface area contributed by atoms with Gasteiger partial charge in [0.05, 0.1) is 23.8 Å². The van der Waals surface area contributed by atoms with Crippen LogP contribution in [-0.4, -0.2) is 48.5 Å². The monoisotopic (exact) mass is 327 g/mol. The second kappa shape index (κ2) is 5.82. The summed E-state index contributed by atoms with van der Waals surface area (Å²) < 4.78 is 7.48. The summed E-state index contributed by atoms with van der Waals surface area (Å²) in [7, 11) is 0. The Labute approximate surface area is 137 Å². The number of anilines is 1. The van der Waals surface area contributed by atoms with E-state index in [0.717, 1.165) is 11.3 Å². The number of hydrogen-bond donors (Lipinski definition) is 3. The Balaban J connectivity index is 1.90. The Kier molecular flexibility index (Phi) is 3.64. The number of nitrogens with zero attached hydrogens (tertiary/aromatic N) is 4. The van der Waals surface area contributed by atoms with Gasteiger partial charge in [-0.25, -0.2) is 9.97 Å². The lowest BCUT2D eigenvalue weighted by Crippen LogP contribution is -2.19. The molecule has 1 fully saturated rings. The average molecular weight is 327 g/mol. The molecule has 0 amide bonds. The molecule has 3 aromatic heterocycles. The van der Waals surface area contributed by atoms with Gasteiger partial charge in [0, 0.05) is 24.4 Å². The maximum atomic E-state index is 10.3. The number of nitrogens with two attached hydrogens (primary N) is 1. The zero-order chi connectivity index (χ0) is 16.7. The van der Waals surface area contributed by atoms with Gasteiger partial charge in [0.1, 0.15) is 23.9 Å². The number of rotatable bonds is 3. The van der Waals surface area contributed by atoms with Crippen molar-refractivity contribution in [1.29, 1.82) is 0 Å². The molecule has 4 heterocycles. The Morgan fingerprint density at radius 3 is 2.88 bits per heavy atom. The van der Waals surface area contributed by atoms with Crippen molar-refractivity contribution in [1.82, 2.24) is 19.5 Å². The average Bonchev–Trinajstić information content (AvgIpc) is 3.17. The standard InChI is InChI=1S/C16H17N5O3/c17-14-13-10(11-3-1-2-4-18-11)6-21(15(13)20-8-19-14)16-12(23)5-9(7-22)24-16/h1-4,6,8-9,12,16,22-23H,5,7H2,(H2,17,19,20)/t9-,12+,16+/m0/s1. The van der Waals surface area contributed by atoms with E-state index in [9.17, 15) is 10.2 Å². The first-order valence-corrected chi connectivity index (χ1v) is 7.66. The minimum Gasteiger partial charge on any atom is -0.394 e. The molecule has 1 aliphatic heterocycles. The number of aromatic nitrogens is 4. The molecule has 1 saturated heterocycles. The summed E-state index contributed by atoms with van der Waals surface area (Å²) >= 11 is 0. The number of nitrogen functional groups attached to an aromatic ring is 1. The third-order valence-corrected chi connectivity index (χ3v) is 4.22. The van der Waals surface area contributed by atoms with Crippen molar-refractivity contribution in [3.05, 3.63) is 36.9 Å². The molecule has 0 spiro atoms. The minimum atomic E-state index is -0.745. The van der Waals surface area contributed by atoms with Gasteiger partial charge in [-0.15, -0.1) is 0 Å². The first kappa shape index (κ1) is 15.0. The fourth-order valence-corrected chi connectivity index (χ4v) is 3.12. The number of aliphatic hydroxyl groups is 2. The maximum absolute atomic E-state index is 10.3. The number of hydrogen-bond acceptors (Lipinski definition) is 7. The fourth-order valence-electron chi connectivity index (χ4n) is 3.12. The molecule has 3 aromatic rings. The van der Waals surface area contributed by atoms with Crippen molar-refractivity contribution in [2.75, 3.05) is 12.3 Å². The van der Waals surface area contributed by atoms with E-state index in [1.54, 1.807) is 10.8 Å². The minimum absolute atomic E-state index is 0.142. The number of pyridine rings is 1. The quantitative estimate of drug-likeness (QED) is 0.648. The molecule has 8 heteroatoms. The predicted molar refractivity (Wildman–Crippen MR) is 86.8 cm³/mol. The van der Waals surface area contributed by atoms with Gasteiger partial charge in [-0.3, -0.25) is 4.98 Å². The smallest absolute Gasteiger partial charge is 0.161 e. The molecule has 0 bridgehead atoms. The van der Waals surface area contributed by atoms with Gasteiger partial charge in [-0.05, 0) is 12.1 Å². The highest BCUT2D eigenvalue weighted by molar-refractivity contribution is 5.99. The molecule has 8 nitrogen and oxygen atoms in total. The van der Waals surface area contributed by atoms with Gasteiger partial charge in [-0.1, -0.05) is 6.07 Å². The van der Waals surface area contributed by atoms with Gasteiger partial charge in [0.15, 0.2) is 6.23 Å². The Bertz CT molecular complexity index is 867. The summed E-state index contributed by atoms with van der Waals surface area (Å²) in [6.45, 7) is -0.142. The zero-order valence-corrected chi connectivity index (χ0v) is 12.8. The van der Waals surface area contributed by atoms with Crippen LogP contribution in [-0.2, 0) is 4.74 Å². The van der Waals surface area contributed by atoms with Crippen LogP contribution in [0.1, 0.15) is 12.6 Å². The largest absolute Gasteiger partial charge is 0.394 e. The maximum Gasteiger partial charge on any atom is 0.161 e. The van der Waals surface area contributed by atoms with E-state index < -0.39 is 18.4 Å². The molecule has 1 aliphatic rings. The molecular weight excluding hydrogens is 310 g/mol. The molecule has 0 unspecified atom stereocenters. The highest BCUT2D eigenvalue weighted by atomic mass is 16.5. The van der Waals surface area contributed by atoms with E-state index in [0.29, 0.717) is 23.3 Å². The lowest BCUT2D eigenvalue weighted by atomic mass is 10.1. The van der Waals surface area contributed by atoms with Crippen molar-refractivity contribution < 1.29 is 14.9 Å². The van der Waals surface area contributed by atoms with E-state index in [2.05, 4.69) is 15.0 Å². The van der Waals surface area contributed by atoms with Crippen molar-refractivity contribution >= 4 is 16.9 Å². The summed E-state index contributed by atoms with van der Waals surface area (Å²) in [6, 6.07) is 5.58. The fraction of sp³-hybridized carbons (Fsp3) is 0.312. The molecule has 4 rings (SSSR count). The molecule has 0 radical (unpaired) electrons. The van der Waals surface area contributed by atoms with Crippen LogP contribution in [0.2, 0.25) is 0 Å². The van der Waals surface area contributed by atoms with E-state index in [1.165, 1.54) is 6.33 Å². The van der Waals surface area contributed by atoms with Crippen molar-refractivity contribution in [2.45, 2.75) is 24.9 Å². The van der Waals surface area contributed by atoms with E-state index in [-0.39, 0.29) is 6.61 Å². The van der Waals surface area contributed by atoms with Crippen LogP contribution >= 0.6 is 0 Å². The summed E-state index contributed by atoms with van der Waals surface area (Å²) in [5.74, 6) is 0.339. The van der Waals surface area contributed by atoms with E-state index in [4.69, 9.17) is 10.5 Å². The van der Waals surface area contributed by atoms with Crippen molar-refractivity contribution in [3.8, 4) is 11.3 Å². The molecule has 0 aliphatic carbocycles. The summed E-state index contributed by atoms with van der Waals surface area (Å²) in [6.07, 6.45) is 3.45. The SMILES string of the molecule is Nc1ncnc2c1c(-c1ccccn1)cn2[C@@H]1O[C@H](CO)C[C@H]1O. The Morgan fingerprint density at radius 1 is 1.29 bits per heavy atom. The zero-order valence-electron chi connectivity index (χ0n) is 12.8. The summed E-state index contributed by atoms with van der Waals surface area (Å²) in [4.78, 5) is 12.7. The third kappa shape index (κ3) is 2.32. The van der Waals surface area contributed by atoms with Crippen LogP contribution < -0.4 is 5.73 Å². The molecule has 4 N–H and O–H groups in total. The van der Waals surface area contributed by atoms with Gasteiger partial charge in [0.25, 0.3) is 0 Å². The van der Waals surface area contributed by atoms with Gasteiger partial charge in [-0.2, -0.15) is 0 Å². The number of ether oxygens (including phenoxy) is 1. The topological polar surface area (TPSA) is 119 Å². The first-order valence-electron chi connectivity index (χ1n) is 7.66. The molecule has 124 valence electrons. The first-order chi connectivity index (χ1) is 11.7. The van der Waals surface area contributed by atoms with Gasteiger partial charge >= 0.3 is 0 Å². The molecule has 24 heavy (non-hydrogen) atoms. The second-order valence-electron chi connectivity index (χ2n) is 5.76. The van der Waals surface area contributed by atoms with Crippen LogP contribution in [0, 0.1) is 0 Å². The highest BCUT2D eigenvalue weighted by Crippen LogP contribution is 2.37. The van der Waals surface area contributed by atoms with Crippen LogP contribution in [0.15, 0.2) is 36.9 Å². The van der Waals surface area contributed by atoms with Crippen LogP contribution in [0.4, 0.5) is 5.82 Å². The lowest BCUT2D eigenvalue weighted by molar-refractivity contribution is -0.0483. The highest BCUT2D eigenvalue weighted by Gasteiger charge is 2.36.